The van der Waals surface area contributed by atoms with E-state index in [1.807, 2.05) is 13.0 Å². The highest BCUT2D eigenvalue weighted by atomic mass is 16.7. The highest BCUT2D eigenvalue weighted by Gasteiger charge is 2.16. The fourth-order valence-electron chi connectivity index (χ4n) is 3.18. The maximum Gasteiger partial charge on any atom is 0.412 e. The molecule has 1 unspecified atom stereocenters. The largest absolute Gasteiger partial charge is 0.497 e. The van der Waals surface area contributed by atoms with Gasteiger partial charge in [-0.05, 0) is 45.1 Å². The Bertz CT molecular complexity index is 725. The number of benzene rings is 1. The Morgan fingerprint density at radius 2 is 2.13 bits per heavy atom. The van der Waals surface area contributed by atoms with Crippen molar-refractivity contribution in [1.82, 2.24) is 0 Å². The number of carbonyl (C=O) groups is 1. The molecule has 1 saturated heterocycles. The van der Waals surface area contributed by atoms with Crippen molar-refractivity contribution in [2.75, 3.05) is 39.4 Å². The lowest BCUT2D eigenvalue weighted by atomic mass is 10.1. The Kier molecular flexibility index (Phi) is 10.2. The predicted molar refractivity (Wildman–Crippen MR) is 116 cm³/mol. The molecule has 1 aromatic carbocycles. The monoisotopic (exact) mass is 419 g/mol. The number of nitrogens with one attached hydrogen (secondary N) is 1. The van der Waals surface area contributed by atoms with Gasteiger partial charge in [0, 0.05) is 18.2 Å². The zero-order valence-corrected chi connectivity index (χ0v) is 18.2. The molecule has 0 spiro atoms. The third-order valence-electron chi connectivity index (χ3n) is 4.69. The minimum absolute atomic E-state index is 0.0879. The summed E-state index contributed by atoms with van der Waals surface area (Å²) in [5.74, 6) is 1.22. The van der Waals surface area contributed by atoms with Gasteiger partial charge in [-0.25, -0.2) is 4.79 Å². The van der Waals surface area contributed by atoms with E-state index >= 15 is 0 Å². The van der Waals surface area contributed by atoms with Crippen LogP contribution in [0.2, 0.25) is 0 Å². The second-order valence-corrected chi connectivity index (χ2v) is 7.08. The van der Waals surface area contributed by atoms with Crippen LogP contribution in [-0.2, 0) is 20.6 Å². The van der Waals surface area contributed by atoms with Gasteiger partial charge in [-0.2, -0.15) is 0 Å². The zero-order valence-electron chi connectivity index (χ0n) is 18.2. The number of anilines is 1. The molecule has 7 nitrogen and oxygen atoms in total. The normalized spacial score (nSPS) is 16.6. The molecule has 1 atom stereocenters. The molecule has 0 bridgehead atoms. The number of aryl methyl sites for hydroxylation is 1. The van der Waals surface area contributed by atoms with Crippen LogP contribution in [0.3, 0.4) is 0 Å². The second-order valence-electron chi connectivity index (χ2n) is 7.08. The number of amides is 1. The van der Waals surface area contributed by atoms with Crippen LogP contribution >= 0.6 is 0 Å². The molecule has 30 heavy (non-hydrogen) atoms. The van der Waals surface area contributed by atoms with Crippen molar-refractivity contribution in [2.24, 2.45) is 0 Å². The third-order valence-corrected chi connectivity index (χ3v) is 4.69. The van der Waals surface area contributed by atoms with Gasteiger partial charge >= 0.3 is 6.09 Å². The number of allylic oxidation sites excluding steroid dienone is 1. The number of hydrogen-bond acceptors (Lipinski definition) is 6. The molecule has 1 aliphatic heterocycles. The average Bonchev–Trinajstić information content (AvgIpc) is 2.76. The van der Waals surface area contributed by atoms with Gasteiger partial charge in [0.1, 0.15) is 18.1 Å². The molecule has 0 aliphatic carbocycles. The number of ether oxygens (including phenoxy) is 5. The summed E-state index contributed by atoms with van der Waals surface area (Å²) < 4.78 is 27.4. The van der Waals surface area contributed by atoms with Crippen LogP contribution in [-0.4, -0.2) is 46.4 Å². The minimum Gasteiger partial charge on any atom is -0.497 e. The van der Waals surface area contributed by atoms with Crippen molar-refractivity contribution >= 4 is 11.8 Å². The molecule has 2 rings (SSSR count). The summed E-state index contributed by atoms with van der Waals surface area (Å²) in [5.41, 5.74) is 2.58. The van der Waals surface area contributed by atoms with E-state index in [1.165, 1.54) is 6.08 Å². The van der Waals surface area contributed by atoms with Crippen LogP contribution in [0.5, 0.6) is 11.5 Å². The average molecular weight is 420 g/mol. The van der Waals surface area contributed by atoms with Crippen molar-refractivity contribution in [1.29, 1.82) is 0 Å². The lowest BCUT2D eigenvalue weighted by molar-refractivity contribution is -0.156. The maximum absolute atomic E-state index is 11.9. The molecule has 1 aromatic rings. The van der Waals surface area contributed by atoms with E-state index in [9.17, 15) is 4.79 Å². The lowest BCUT2D eigenvalue weighted by Gasteiger charge is -2.22. The summed E-state index contributed by atoms with van der Waals surface area (Å²) in [6, 6.07) is 3.62. The van der Waals surface area contributed by atoms with Gasteiger partial charge in [0.2, 0.25) is 0 Å². The van der Waals surface area contributed by atoms with Gasteiger partial charge in [-0.15, -0.1) is 0 Å². The Labute approximate surface area is 179 Å². The molecule has 1 heterocycles. The molecular formula is C23H33NO6. The van der Waals surface area contributed by atoms with E-state index in [0.29, 0.717) is 30.2 Å². The standard InChI is InChI=1S/C23H33NO6/c1-5-12-29-23(25)24-20-15-19(26-3)14-18(22(20)27-4)10-8-9-17(2)16-30-21-11-6-7-13-28-21/h5,9,14-15,21H,1,6-8,10-13,16H2,2-4H3,(H,24,25)/b17-9-. The van der Waals surface area contributed by atoms with Gasteiger partial charge < -0.3 is 23.7 Å². The summed E-state index contributed by atoms with van der Waals surface area (Å²) >= 11 is 0. The Morgan fingerprint density at radius 3 is 2.80 bits per heavy atom. The van der Waals surface area contributed by atoms with E-state index in [1.54, 1.807) is 20.3 Å². The lowest BCUT2D eigenvalue weighted by Crippen LogP contribution is -2.22. The molecule has 1 amide bonds. The number of hydrogen-bond donors (Lipinski definition) is 1. The first-order valence-electron chi connectivity index (χ1n) is 10.3. The molecule has 1 aliphatic rings. The van der Waals surface area contributed by atoms with Gasteiger partial charge in [-0.1, -0.05) is 24.3 Å². The van der Waals surface area contributed by atoms with Gasteiger partial charge in [0.05, 0.1) is 26.5 Å². The second kappa shape index (κ2) is 12.9. The molecule has 166 valence electrons. The minimum atomic E-state index is -0.578. The van der Waals surface area contributed by atoms with Crippen LogP contribution in [0.25, 0.3) is 0 Å². The smallest absolute Gasteiger partial charge is 0.412 e. The number of rotatable bonds is 11. The van der Waals surface area contributed by atoms with Crippen LogP contribution in [0, 0.1) is 0 Å². The van der Waals surface area contributed by atoms with Crippen molar-refractivity contribution in [3.63, 3.8) is 0 Å². The van der Waals surface area contributed by atoms with E-state index in [2.05, 4.69) is 18.0 Å². The van der Waals surface area contributed by atoms with E-state index in [4.69, 9.17) is 23.7 Å². The first-order chi connectivity index (χ1) is 14.6. The molecule has 0 aromatic heterocycles. The van der Waals surface area contributed by atoms with E-state index < -0.39 is 6.09 Å². The Hall–Kier alpha value is -2.51. The fraction of sp³-hybridized carbons (Fsp3) is 0.522. The predicted octanol–water partition coefficient (Wildman–Crippen LogP) is 4.86. The first-order valence-corrected chi connectivity index (χ1v) is 10.3. The highest BCUT2D eigenvalue weighted by Crippen LogP contribution is 2.35. The van der Waals surface area contributed by atoms with E-state index in [0.717, 1.165) is 43.4 Å². The zero-order chi connectivity index (χ0) is 21.8. The Morgan fingerprint density at radius 1 is 1.30 bits per heavy atom. The van der Waals surface area contributed by atoms with Crippen LogP contribution in [0.4, 0.5) is 10.5 Å². The summed E-state index contributed by atoms with van der Waals surface area (Å²) in [6.07, 6.45) is 7.72. The number of carbonyl (C=O) groups excluding carboxylic acids is 1. The summed E-state index contributed by atoms with van der Waals surface area (Å²) in [6.45, 7) is 7.04. The SMILES string of the molecule is C=CCOC(=O)Nc1cc(OC)cc(CC/C=C(/C)COC2CCCCO2)c1OC. The maximum atomic E-state index is 11.9. The molecule has 1 N–H and O–H groups in total. The third kappa shape index (κ3) is 7.72. The van der Waals surface area contributed by atoms with Crippen LogP contribution < -0.4 is 14.8 Å². The van der Waals surface area contributed by atoms with Gasteiger partial charge in [0.15, 0.2) is 6.29 Å². The topological polar surface area (TPSA) is 75.3 Å². The van der Waals surface area contributed by atoms with Crippen molar-refractivity contribution in [3.8, 4) is 11.5 Å². The van der Waals surface area contributed by atoms with Gasteiger partial charge in [-0.3, -0.25) is 5.32 Å². The van der Waals surface area contributed by atoms with Crippen LogP contribution in [0.1, 0.15) is 38.2 Å². The molecule has 0 saturated carbocycles. The first kappa shape index (κ1) is 23.8. The fourth-order valence-corrected chi connectivity index (χ4v) is 3.18. The number of methoxy groups -OCH3 is 2. The quantitative estimate of drug-likeness (QED) is 0.516. The van der Waals surface area contributed by atoms with E-state index in [-0.39, 0.29) is 12.9 Å². The molecule has 1 fully saturated rings. The van der Waals surface area contributed by atoms with Crippen molar-refractivity contribution in [3.05, 3.63) is 42.0 Å². The van der Waals surface area contributed by atoms with Crippen molar-refractivity contribution in [2.45, 2.75) is 45.3 Å². The molecule has 0 radical (unpaired) electrons. The molecular weight excluding hydrogens is 386 g/mol. The Balaban J connectivity index is 1.99. The highest BCUT2D eigenvalue weighted by molar-refractivity contribution is 5.87. The summed E-state index contributed by atoms with van der Waals surface area (Å²) in [5, 5.41) is 2.70. The summed E-state index contributed by atoms with van der Waals surface area (Å²) in [7, 11) is 3.16. The summed E-state index contributed by atoms with van der Waals surface area (Å²) in [4.78, 5) is 11.9. The van der Waals surface area contributed by atoms with Gasteiger partial charge in [0.25, 0.3) is 0 Å². The van der Waals surface area contributed by atoms with Crippen LogP contribution in [0.15, 0.2) is 36.4 Å². The van der Waals surface area contributed by atoms with Crippen molar-refractivity contribution < 1.29 is 28.5 Å². The molecule has 7 heteroatoms.